The van der Waals surface area contributed by atoms with E-state index in [1.165, 1.54) is 17.9 Å². The van der Waals surface area contributed by atoms with Crippen molar-refractivity contribution >= 4 is 5.97 Å². The van der Waals surface area contributed by atoms with Gasteiger partial charge in [-0.3, -0.25) is 0 Å². The highest BCUT2D eigenvalue weighted by atomic mass is 16.5. The van der Waals surface area contributed by atoms with Gasteiger partial charge in [-0.2, -0.15) is 4.68 Å². The van der Waals surface area contributed by atoms with Crippen molar-refractivity contribution < 1.29 is 14.6 Å². The van der Waals surface area contributed by atoms with Gasteiger partial charge in [-0.1, -0.05) is 0 Å². The van der Waals surface area contributed by atoms with Crippen LogP contribution in [-0.2, 0) is 0 Å². The van der Waals surface area contributed by atoms with Crippen LogP contribution >= 0.6 is 0 Å². The molecular weight excluding hydrogens is 224 g/mol. The molecule has 1 aromatic heterocycles. The summed E-state index contributed by atoms with van der Waals surface area (Å²) < 4.78 is 6.42. The van der Waals surface area contributed by atoms with Gasteiger partial charge in [0.25, 0.3) is 0 Å². The lowest BCUT2D eigenvalue weighted by molar-refractivity contribution is 0.0693. The molecule has 2 aromatic rings. The van der Waals surface area contributed by atoms with Crippen molar-refractivity contribution in [2.45, 2.75) is 6.92 Å². The smallest absolute Gasteiger partial charge is 0.339 e. The molecule has 0 amide bonds. The minimum atomic E-state index is -1.06. The Kier molecular flexibility index (Phi) is 2.73. The summed E-state index contributed by atoms with van der Waals surface area (Å²) in [6, 6.07) is 4.72. The van der Waals surface area contributed by atoms with Crippen molar-refractivity contribution in [2.24, 2.45) is 0 Å². The molecule has 0 aliphatic heterocycles. The Bertz CT molecular complexity index is 564. The minimum Gasteiger partial charge on any atom is -0.496 e. The number of hydrogen-bond donors (Lipinski definition) is 1. The van der Waals surface area contributed by atoms with Crippen LogP contribution in [0, 0.1) is 6.92 Å². The molecule has 0 saturated carbocycles. The van der Waals surface area contributed by atoms with Crippen LogP contribution in [0.1, 0.15) is 16.2 Å². The van der Waals surface area contributed by atoms with Crippen molar-refractivity contribution in [3.8, 4) is 11.4 Å². The van der Waals surface area contributed by atoms with E-state index in [9.17, 15) is 4.79 Å². The first-order valence-electron chi connectivity index (χ1n) is 4.80. The van der Waals surface area contributed by atoms with E-state index in [0.29, 0.717) is 17.3 Å². The summed E-state index contributed by atoms with van der Waals surface area (Å²) in [6.45, 7) is 1.73. The molecule has 88 valence electrons. The van der Waals surface area contributed by atoms with E-state index in [0.717, 1.165) is 0 Å². The maximum atomic E-state index is 11.0. The molecule has 0 radical (unpaired) electrons. The van der Waals surface area contributed by atoms with Crippen molar-refractivity contribution in [2.75, 3.05) is 7.11 Å². The van der Waals surface area contributed by atoms with E-state index in [2.05, 4.69) is 15.5 Å². The summed E-state index contributed by atoms with van der Waals surface area (Å²) in [5.41, 5.74) is 0.644. The second-order valence-electron chi connectivity index (χ2n) is 3.33. The Labute approximate surface area is 96.6 Å². The fourth-order valence-corrected chi connectivity index (χ4v) is 1.47. The number of methoxy groups -OCH3 is 1. The molecule has 2 rings (SSSR count). The lowest BCUT2D eigenvalue weighted by atomic mass is 10.2. The Morgan fingerprint density at radius 3 is 2.76 bits per heavy atom. The standard InChI is InChI=1S/C10H10N4O3/c1-6-11-12-13-14(6)7-3-4-9(17-2)8(5-7)10(15)16/h3-5H,1-2H3,(H,15,16). The Hall–Kier alpha value is -2.44. The summed E-state index contributed by atoms with van der Waals surface area (Å²) in [7, 11) is 1.42. The number of carboxylic acid groups (broad SMARTS) is 1. The maximum absolute atomic E-state index is 11.0. The number of nitrogens with zero attached hydrogens (tertiary/aromatic N) is 4. The van der Waals surface area contributed by atoms with Crippen molar-refractivity contribution in [3.05, 3.63) is 29.6 Å². The topological polar surface area (TPSA) is 90.1 Å². The third-order valence-corrected chi connectivity index (χ3v) is 2.28. The highest BCUT2D eigenvalue weighted by Gasteiger charge is 2.13. The predicted octanol–water partition coefficient (Wildman–Crippen LogP) is 0.678. The summed E-state index contributed by atoms with van der Waals surface area (Å²) in [4.78, 5) is 11.0. The van der Waals surface area contributed by atoms with Crippen molar-refractivity contribution in [1.82, 2.24) is 20.2 Å². The van der Waals surface area contributed by atoms with Gasteiger partial charge in [0, 0.05) is 0 Å². The van der Waals surface area contributed by atoms with Crippen LogP contribution in [0.3, 0.4) is 0 Å². The van der Waals surface area contributed by atoms with Gasteiger partial charge in [-0.25, -0.2) is 4.79 Å². The first-order chi connectivity index (χ1) is 8.13. The molecule has 7 nitrogen and oxygen atoms in total. The fourth-order valence-electron chi connectivity index (χ4n) is 1.47. The number of carbonyl (C=O) groups is 1. The van der Waals surface area contributed by atoms with Gasteiger partial charge in [0.15, 0.2) is 5.82 Å². The average molecular weight is 234 g/mol. The van der Waals surface area contributed by atoms with Gasteiger partial charge in [0.05, 0.1) is 12.8 Å². The zero-order chi connectivity index (χ0) is 12.4. The molecule has 0 unspecified atom stereocenters. The Morgan fingerprint density at radius 1 is 1.47 bits per heavy atom. The normalized spacial score (nSPS) is 10.2. The molecule has 1 aromatic carbocycles. The van der Waals surface area contributed by atoms with Crippen LogP contribution in [0.25, 0.3) is 5.69 Å². The van der Waals surface area contributed by atoms with E-state index < -0.39 is 5.97 Å². The molecule has 7 heteroatoms. The molecule has 0 atom stereocenters. The zero-order valence-electron chi connectivity index (χ0n) is 9.28. The van der Waals surface area contributed by atoms with Gasteiger partial charge in [0.1, 0.15) is 11.3 Å². The number of aromatic carboxylic acids is 1. The second-order valence-corrected chi connectivity index (χ2v) is 3.33. The van der Waals surface area contributed by atoms with Crippen LogP contribution in [0.15, 0.2) is 18.2 Å². The molecule has 0 bridgehead atoms. The third-order valence-electron chi connectivity index (χ3n) is 2.28. The average Bonchev–Trinajstić information content (AvgIpc) is 2.74. The Balaban J connectivity index is 2.55. The van der Waals surface area contributed by atoms with Gasteiger partial charge in [-0.15, -0.1) is 5.10 Å². The molecular formula is C10H10N4O3. The van der Waals surface area contributed by atoms with Crippen molar-refractivity contribution in [3.63, 3.8) is 0 Å². The van der Waals surface area contributed by atoms with Gasteiger partial charge in [0.2, 0.25) is 0 Å². The first kappa shape index (κ1) is 11.1. The number of carboxylic acids is 1. The monoisotopic (exact) mass is 234 g/mol. The molecule has 0 fully saturated rings. The van der Waals surface area contributed by atoms with Gasteiger partial charge < -0.3 is 9.84 Å². The number of ether oxygens (including phenoxy) is 1. The summed E-state index contributed by atoms with van der Waals surface area (Å²) >= 11 is 0. The largest absolute Gasteiger partial charge is 0.496 e. The number of benzene rings is 1. The molecule has 0 aliphatic rings. The van der Waals surface area contributed by atoms with Crippen LogP contribution in [0.5, 0.6) is 5.75 Å². The highest BCUT2D eigenvalue weighted by molar-refractivity contribution is 5.91. The number of hydrogen-bond acceptors (Lipinski definition) is 5. The number of aryl methyl sites for hydroxylation is 1. The van der Waals surface area contributed by atoms with E-state index in [4.69, 9.17) is 9.84 Å². The number of aromatic nitrogens is 4. The molecule has 1 heterocycles. The highest BCUT2D eigenvalue weighted by Crippen LogP contribution is 2.21. The molecule has 0 spiro atoms. The first-order valence-corrected chi connectivity index (χ1v) is 4.80. The summed E-state index contributed by atoms with van der Waals surface area (Å²) in [5.74, 6) is -0.187. The molecule has 17 heavy (non-hydrogen) atoms. The molecule has 0 saturated heterocycles. The van der Waals surface area contributed by atoms with Crippen LogP contribution in [-0.4, -0.2) is 38.4 Å². The fraction of sp³-hybridized carbons (Fsp3) is 0.200. The van der Waals surface area contributed by atoms with E-state index in [1.54, 1.807) is 19.1 Å². The molecule has 1 N–H and O–H groups in total. The summed E-state index contributed by atoms with van der Waals surface area (Å²) in [6.07, 6.45) is 0. The predicted molar refractivity (Wildman–Crippen MR) is 57.4 cm³/mol. The maximum Gasteiger partial charge on any atom is 0.339 e. The molecule has 0 aliphatic carbocycles. The van der Waals surface area contributed by atoms with E-state index in [1.807, 2.05) is 0 Å². The quantitative estimate of drug-likeness (QED) is 0.839. The third kappa shape index (κ3) is 1.94. The SMILES string of the molecule is COc1ccc(-n2nnnc2C)cc1C(=O)O. The lowest BCUT2D eigenvalue weighted by Gasteiger charge is -2.07. The van der Waals surface area contributed by atoms with Crippen molar-refractivity contribution in [1.29, 1.82) is 0 Å². The lowest BCUT2D eigenvalue weighted by Crippen LogP contribution is -2.05. The van der Waals surface area contributed by atoms with Crippen LogP contribution in [0.2, 0.25) is 0 Å². The second kappa shape index (κ2) is 4.20. The number of rotatable bonds is 3. The van der Waals surface area contributed by atoms with E-state index in [-0.39, 0.29) is 5.56 Å². The number of tetrazole rings is 1. The van der Waals surface area contributed by atoms with Gasteiger partial charge in [-0.05, 0) is 35.5 Å². The van der Waals surface area contributed by atoms with Crippen LogP contribution < -0.4 is 4.74 Å². The Morgan fingerprint density at radius 2 is 2.24 bits per heavy atom. The van der Waals surface area contributed by atoms with Gasteiger partial charge >= 0.3 is 5.97 Å². The van der Waals surface area contributed by atoms with E-state index >= 15 is 0 Å². The minimum absolute atomic E-state index is 0.0694. The van der Waals surface area contributed by atoms with Crippen LogP contribution in [0.4, 0.5) is 0 Å². The summed E-state index contributed by atoms with van der Waals surface area (Å²) in [5, 5.41) is 20.0. The zero-order valence-corrected chi connectivity index (χ0v) is 9.28.